The molecule has 0 unspecified atom stereocenters. The lowest BCUT2D eigenvalue weighted by molar-refractivity contribution is 0.473. The van der Waals surface area contributed by atoms with Gasteiger partial charge in [-0.25, -0.2) is 0 Å². The Labute approximate surface area is 110 Å². The lowest BCUT2D eigenvalue weighted by Gasteiger charge is -2.06. The van der Waals surface area contributed by atoms with Crippen LogP contribution in [0.2, 0.25) is 5.02 Å². The topological polar surface area (TPSA) is 63.6 Å². The van der Waals surface area contributed by atoms with Crippen molar-refractivity contribution in [2.45, 2.75) is 4.90 Å². The minimum absolute atomic E-state index is 0.0135. The van der Waals surface area contributed by atoms with Crippen LogP contribution in [0.1, 0.15) is 0 Å². The Hall–Kier alpha value is -1.72. The second-order valence-electron chi connectivity index (χ2n) is 3.49. The number of halogens is 1. The molecule has 1 N–H and O–H groups in total. The predicted molar refractivity (Wildman–Crippen MR) is 67.4 cm³/mol. The molecule has 0 aliphatic heterocycles. The van der Waals surface area contributed by atoms with Crippen LogP contribution in [0.4, 0.5) is 0 Å². The second-order valence-corrected chi connectivity index (χ2v) is 5.47. The Morgan fingerprint density at radius 3 is 2.06 bits per heavy atom. The lowest BCUT2D eigenvalue weighted by atomic mass is 10.3. The van der Waals surface area contributed by atoms with Crippen molar-refractivity contribution in [3.05, 3.63) is 53.6 Å². The molecule has 0 saturated carbocycles. The summed E-state index contributed by atoms with van der Waals surface area (Å²) in [6.45, 7) is 0. The number of aromatic hydroxyl groups is 1. The highest BCUT2D eigenvalue weighted by molar-refractivity contribution is 7.87. The maximum atomic E-state index is 11.9. The summed E-state index contributed by atoms with van der Waals surface area (Å²) in [5.74, 6) is 0.160. The molecule has 0 radical (unpaired) electrons. The smallest absolute Gasteiger partial charge is 0.339 e. The van der Waals surface area contributed by atoms with Gasteiger partial charge in [-0.3, -0.25) is 0 Å². The SMILES string of the molecule is O=S(=O)(Oc1ccc(Cl)cc1)c1ccc(O)cc1. The van der Waals surface area contributed by atoms with Crippen LogP contribution in [-0.4, -0.2) is 13.5 Å². The van der Waals surface area contributed by atoms with Crippen molar-refractivity contribution < 1.29 is 17.7 Å². The zero-order valence-electron chi connectivity index (χ0n) is 9.08. The van der Waals surface area contributed by atoms with Crippen molar-refractivity contribution in [1.82, 2.24) is 0 Å². The third-order valence-corrected chi connectivity index (χ3v) is 3.66. The fraction of sp³-hybridized carbons (Fsp3) is 0. The van der Waals surface area contributed by atoms with E-state index in [0.717, 1.165) is 0 Å². The van der Waals surface area contributed by atoms with Gasteiger partial charge in [0.05, 0.1) is 0 Å². The molecule has 0 saturated heterocycles. The van der Waals surface area contributed by atoms with Gasteiger partial charge >= 0.3 is 10.1 Å². The highest BCUT2D eigenvalue weighted by atomic mass is 35.5. The molecule has 2 rings (SSSR count). The van der Waals surface area contributed by atoms with Crippen LogP contribution in [0.15, 0.2) is 53.4 Å². The van der Waals surface area contributed by atoms with Gasteiger partial charge in [0.15, 0.2) is 0 Å². The second kappa shape index (κ2) is 4.88. The molecule has 0 amide bonds. The van der Waals surface area contributed by atoms with Gasteiger partial charge in [-0.05, 0) is 48.5 Å². The molecule has 94 valence electrons. The number of phenolic OH excluding ortho intramolecular Hbond substituents is 1. The molecular weight excluding hydrogens is 276 g/mol. The van der Waals surface area contributed by atoms with E-state index in [-0.39, 0.29) is 16.4 Å². The molecule has 0 heterocycles. The highest BCUT2D eigenvalue weighted by Gasteiger charge is 2.16. The molecule has 2 aromatic rings. The Morgan fingerprint density at radius 2 is 1.50 bits per heavy atom. The quantitative estimate of drug-likeness (QED) is 0.880. The average molecular weight is 285 g/mol. The van der Waals surface area contributed by atoms with Gasteiger partial charge in [-0.1, -0.05) is 11.6 Å². The van der Waals surface area contributed by atoms with E-state index in [1.165, 1.54) is 48.5 Å². The van der Waals surface area contributed by atoms with Crippen molar-refractivity contribution in [2.24, 2.45) is 0 Å². The first kappa shape index (κ1) is 12.7. The van der Waals surface area contributed by atoms with Crippen LogP contribution < -0.4 is 4.18 Å². The number of rotatable bonds is 3. The maximum absolute atomic E-state index is 11.9. The minimum atomic E-state index is -3.90. The highest BCUT2D eigenvalue weighted by Crippen LogP contribution is 2.21. The maximum Gasteiger partial charge on any atom is 0.339 e. The first-order valence-corrected chi connectivity index (χ1v) is 6.75. The summed E-state index contributed by atoms with van der Waals surface area (Å²) in [6.07, 6.45) is 0. The van der Waals surface area contributed by atoms with E-state index in [0.29, 0.717) is 5.02 Å². The molecule has 0 aliphatic carbocycles. The summed E-state index contributed by atoms with van der Waals surface area (Å²) < 4.78 is 28.6. The molecule has 0 fully saturated rings. The average Bonchev–Trinajstić information content (AvgIpc) is 2.32. The van der Waals surface area contributed by atoms with E-state index >= 15 is 0 Å². The van der Waals surface area contributed by atoms with E-state index in [2.05, 4.69) is 0 Å². The summed E-state index contributed by atoms with van der Waals surface area (Å²) in [5.41, 5.74) is 0. The van der Waals surface area contributed by atoms with Crippen molar-refractivity contribution in [3.8, 4) is 11.5 Å². The van der Waals surface area contributed by atoms with Crippen LogP contribution in [0, 0.1) is 0 Å². The Morgan fingerprint density at radius 1 is 0.944 bits per heavy atom. The molecule has 18 heavy (non-hydrogen) atoms. The van der Waals surface area contributed by atoms with Gasteiger partial charge in [-0.15, -0.1) is 0 Å². The van der Waals surface area contributed by atoms with Crippen LogP contribution in [0.5, 0.6) is 11.5 Å². The summed E-state index contributed by atoms with van der Waals surface area (Å²) in [7, 11) is -3.90. The number of phenols is 1. The zero-order chi connectivity index (χ0) is 13.2. The van der Waals surface area contributed by atoms with E-state index in [4.69, 9.17) is 20.9 Å². The van der Waals surface area contributed by atoms with Gasteiger partial charge in [0.1, 0.15) is 16.4 Å². The molecule has 0 aromatic heterocycles. The van der Waals surface area contributed by atoms with Crippen molar-refractivity contribution >= 4 is 21.7 Å². The molecular formula is C12H9ClO4S. The fourth-order valence-electron chi connectivity index (χ4n) is 1.28. The monoisotopic (exact) mass is 284 g/mol. The van der Waals surface area contributed by atoms with Crippen molar-refractivity contribution in [2.75, 3.05) is 0 Å². The van der Waals surface area contributed by atoms with Crippen molar-refractivity contribution in [1.29, 1.82) is 0 Å². The third-order valence-electron chi connectivity index (χ3n) is 2.14. The summed E-state index contributed by atoms with van der Waals surface area (Å²) >= 11 is 5.68. The van der Waals surface area contributed by atoms with Crippen LogP contribution in [0.25, 0.3) is 0 Å². The predicted octanol–water partition coefficient (Wildman–Crippen LogP) is 2.81. The van der Waals surface area contributed by atoms with Crippen LogP contribution in [0.3, 0.4) is 0 Å². The number of hydrogen-bond acceptors (Lipinski definition) is 4. The largest absolute Gasteiger partial charge is 0.508 e. The van der Waals surface area contributed by atoms with E-state index < -0.39 is 10.1 Å². The minimum Gasteiger partial charge on any atom is -0.508 e. The Bertz CT molecular complexity index is 633. The molecule has 2 aromatic carbocycles. The van der Waals surface area contributed by atoms with Gasteiger partial charge in [0.2, 0.25) is 0 Å². The first-order chi connectivity index (χ1) is 8.47. The summed E-state index contributed by atoms with van der Waals surface area (Å²) in [6, 6.07) is 11.1. The number of benzene rings is 2. The first-order valence-electron chi connectivity index (χ1n) is 4.96. The van der Waals surface area contributed by atoms with Crippen LogP contribution in [-0.2, 0) is 10.1 Å². The van der Waals surface area contributed by atoms with Gasteiger partial charge < -0.3 is 9.29 Å². The summed E-state index contributed by atoms with van der Waals surface area (Å²) in [5, 5.41) is 9.58. The molecule has 0 spiro atoms. The zero-order valence-corrected chi connectivity index (χ0v) is 10.6. The van der Waals surface area contributed by atoms with E-state index in [1.54, 1.807) is 0 Å². The fourth-order valence-corrected chi connectivity index (χ4v) is 2.33. The van der Waals surface area contributed by atoms with Crippen molar-refractivity contribution in [3.63, 3.8) is 0 Å². The van der Waals surface area contributed by atoms with Gasteiger partial charge in [-0.2, -0.15) is 8.42 Å². The molecule has 0 atom stereocenters. The summed E-state index contributed by atoms with van der Waals surface area (Å²) in [4.78, 5) is -0.0322. The Kier molecular flexibility index (Phi) is 3.45. The van der Waals surface area contributed by atoms with E-state index in [1.807, 2.05) is 0 Å². The van der Waals surface area contributed by atoms with Crippen LogP contribution >= 0.6 is 11.6 Å². The van der Waals surface area contributed by atoms with Gasteiger partial charge in [0, 0.05) is 5.02 Å². The Balaban J connectivity index is 2.27. The van der Waals surface area contributed by atoms with E-state index in [9.17, 15) is 8.42 Å². The molecule has 0 aliphatic rings. The number of hydrogen-bond donors (Lipinski definition) is 1. The molecule has 4 nitrogen and oxygen atoms in total. The molecule has 6 heteroatoms. The lowest BCUT2D eigenvalue weighted by Crippen LogP contribution is -2.09. The standard InChI is InChI=1S/C12H9ClO4S/c13-9-1-5-11(6-2-9)17-18(15,16)12-7-3-10(14)4-8-12/h1-8,14H. The third kappa shape index (κ3) is 2.94. The molecule has 0 bridgehead atoms. The normalized spacial score (nSPS) is 11.2. The van der Waals surface area contributed by atoms with Gasteiger partial charge in [0.25, 0.3) is 0 Å².